The van der Waals surface area contributed by atoms with Crippen LogP contribution in [0.1, 0.15) is 5.56 Å². The summed E-state index contributed by atoms with van der Waals surface area (Å²) >= 11 is 0. The van der Waals surface area contributed by atoms with Crippen LogP contribution in [-0.2, 0) is 6.54 Å². The minimum atomic E-state index is 0.929. The van der Waals surface area contributed by atoms with Crippen molar-refractivity contribution >= 4 is 16.7 Å². The number of fused-ring (bicyclic) bond motifs is 7. The van der Waals surface area contributed by atoms with Gasteiger partial charge >= 0.3 is 0 Å². The molecular formula is C22H16N3+. The third-order valence-electron chi connectivity index (χ3n) is 5.20. The first-order valence-corrected chi connectivity index (χ1v) is 8.60. The molecule has 0 N–H and O–H groups in total. The first-order valence-electron chi connectivity index (χ1n) is 8.60. The number of nitrogens with zero attached hydrogens (tertiary/aromatic N) is 3. The van der Waals surface area contributed by atoms with E-state index in [1.165, 1.54) is 39.3 Å². The number of benzene rings is 2. The summed E-state index contributed by atoms with van der Waals surface area (Å²) in [4.78, 5) is 0. The number of hydrogen-bond donors (Lipinski definition) is 0. The minimum absolute atomic E-state index is 0.929. The molecule has 5 aromatic rings. The molecule has 3 heteroatoms. The monoisotopic (exact) mass is 322 g/mol. The van der Waals surface area contributed by atoms with Gasteiger partial charge in [-0.15, -0.1) is 0 Å². The van der Waals surface area contributed by atoms with E-state index in [0.29, 0.717) is 0 Å². The normalized spacial score (nSPS) is 12.6. The van der Waals surface area contributed by atoms with Crippen molar-refractivity contribution in [2.45, 2.75) is 6.54 Å². The number of pyridine rings is 1. The fourth-order valence-corrected chi connectivity index (χ4v) is 4.15. The van der Waals surface area contributed by atoms with Gasteiger partial charge < -0.3 is 0 Å². The standard InChI is InChI=1S/C22H16N3/c1-2-9-17(10-3-1)25-21-19-12-5-4-8-16(19)15-24(21)20-14-18-11-6-7-13-23(18)22(20)25/h1-14H,15H2/q+1. The summed E-state index contributed by atoms with van der Waals surface area (Å²) in [5.41, 5.74) is 7.64. The smallest absolute Gasteiger partial charge is 0.280 e. The lowest BCUT2D eigenvalue weighted by molar-refractivity contribution is -0.645. The summed E-state index contributed by atoms with van der Waals surface area (Å²) in [6.07, 6.45) is 2.15. The fourth-order valence-electron chi connectivity index (χ4n) is 4.15. The van der Waals surface area contributed by atoms with Crippen LogP contribution in [0.5, 0.6) is 0 Å². The van der Waals surface area contributed by atoms with Gasteiger partial charge in [0.25, 0.3) is 11.5 Å². The van der Waals surface area contributed by atoms with E-state index in [-0.39, 0.29) is 0 Å². The maximum absolute atomic E-state index is 2.44. The van der Waals surface area contributed by atoms with Gasteiger partial charge in [0.05, 0.1) is 11.1 Å². The molecule has 0 amide bonds. The van der Waals surface area contributed by atoms with Crippen molar-refractivity contribution in [2.75, 3.05) is 0 Å². The highest BCUT2D eigenvalue weighted by molar-refractivity contribution is 5.84. The molecule has 0 spiro atoms. The van der Waals surface area contributed by atoms with Crippen molar-refractivity contribution in [1.29, 1.82) is 0 Å². The van der Waals surface area contributed by atoms with E-state index in [1.54, 1.807) is 0 Å². The third-order valence-corrected chi connectivity index (χ3v) is 5.20. The molecule has 6 rings (SSSR count). The van der Waals surface area contributed by atoms with Gasteiger partial charge in [-0.05, 0) is 30.3 Å². The van der Waals surface area contributed by atoms with Crippen LogP contribution in [0.3, 0.4) is 0 Å². The van der Waals surface area contributed by atoms with Gasteiger partial charge in [-0.1, -0.05) is 42.5 Å². The lowest BCUT2D eigenvalue weighted by Gasteiger charge is -2.03. The Balaban J connectivity index is 1.84. The van der Waals surface area contributed by atoms with Gasteiger partial charge in [0.15, 0.2) is 5.52 Å². The Bertz CT molecular complexity index is 1260. The van der Waals surface area contributed by atoms with Gasteiger partial charge in [0.1, 0.15) is 12.2 Å². The Morgan fingerprint density at radius 3 is 2.52 bits per heavy atom. The quantitative estimate of drug-likeness (QED) is 0.403. The van der Waals surface area contributed by atoms with Crippen molar-refractivity contribution in [2.24, 2.45) is 0 Å². The summed E-state index contributed by atoms with van der Waals surface area (Å²) in [5.74, 6) is 1.27. The van der Waals surface area contributed by atoms with Crippen LogP contribution in [0.15, 0.2) is 85.1 Å². The third kappa shape index (κ3) is 1.62. The van der Waals surface area contributed by atoms with Crippen molar-refractivity contribution < 1.29 is 4.57 Å². The largest absolute Gasteiger partial charge is 0.297 e. The second-order valence-corrected chi connectivity index (χ2v) is 6.59. The van der Waals surface area contributed by atoms with Crippen LogP contribution in [0, 0.1) is 0 Å². The van der Waals surface area contributed by atoms with Crippen molar-refractivity contribution in [3.8, 4) is 17.1 Å². The molecule has 0 unspecified atom stereocenters. The first-order chi connectivity index (χ1) is 12.4. The number of aromatic nitrogens is 3. The van der Waals surface area contributed by atoms with Crippen LogP contribution in [0.2, 0.25) is 0 Å². The molecule has 0 bridgehead atoms. The average molecular weight is 322 g/mol. The molecule has 118 valence electrons. The van der Waals surface area contributed by atoms with Gasteiger partial charge in [0, 0.05) is 17.8 Å². The lowest BCUT2D eigenvalue weighted by atomic mass is 10.1. The summed E-state index contributed by atoms with van der Waals surface area (Å²) in [6, 6.07) is 28.0. The maximum Gasteiger partial charge on any atom is 0.297 e. The molecule has 0 aliphatic carbocycles. The zero-order valence-electron chi connectivity index (χ0n) is 13.6. The number of hydrogen-bond acceptors (Lipinski definition) is 0. The minimum Gasteiger partial charge on any atom is -0.280 e. The van der Waals surface area contributed by atoms with Crippen molar-refractivity contribution in [3.63, 3.8) is 0 Å². The first kappa shape index (κ1) is 13.0. The van der Waals surface area contributed by atoms with Crippen LogP contribution in [0.25, 0.3) is 33.8 Å². The molecule has 0 saturated carbocycles. The molecule has 3 nitrogen and oxygen atoms in total. The molecule has 0 radical (unpaired) electrons. The molecule has 0 saturated heterocycles. The molecule has 0 atom stereocenters. The molecule has 1 aliphatic heterocycles. The highest BCUT2D eigenvalue weighted by atomic mass is 15.2. The van der Waals surface area contributed by atoms with Gasteiger partial charge in [-0.2, -0.15) is 4.57 Å². The second kappa shape index (κ2) is 4.61. The zero-order valence-corrected chi connectivity index (χ0v) is 13.6. The maximum atomic E-state index is 2.44. The number of imidazole rings is 1. The SMILES string of the molecule is c1ccc(-n2c3[n+](c4cc5ccccn5c42)Cc2ccccc2-3)cc1. The predicted octanol–water partition coefficient (Wildman–Crippen LogP) is 4.20. The van der Waals surface area contributed by atoms with Crippen LogP contribution < -0.4 is 4.57 Å². The number of rotatable bonds is 1. The highest BCUT2D eigenvalue weighted by Gasteiger charge is 2.36. The van der Waals surface area contributed by atoms with Crippen LogP contribution in [0.4, 0.5) is 0 Å². The summed E-state index contributed by atoms with van der Waals surface area (Å²) in [7, 11) is 0. The summed E-state index contributed by atoms with van der Waals surface area (Å²) < 4.78 is 7.13. The van der Waals surface area contributed by atoms with Crippen molar-refractivity contribution in [3.05, 3.63) is 90.6 Å². The lowest BCUT2D eigenvalue weighted by Crippen LogP contribution is -2.31. The Hall–Kier alpha value is -3.33. The molecule has 1 aliphatic rings. The highest BCUT2D eigenvalue weighted by Crippen LogP contribution is 2.34. The molecular weight excluding hydrogens is 306 g/mol. The van der Waals surface area contributed by atoms with E-state index in [2.05, 4.69) is 98.6 Å². The number of para-hydroxylation sites is 1. The summed E-state index contributed by atoms with van der Waals surface area (Å²) in [5, 5.41) is 0. The Labute approximate surface area is 145 Å². The molecule has 0 fully saturated rings. The average Bonchev–Trinajstić information content (AvgIpc) is 3.30. The molecule has 2 aromatic carbocycles. The Morgan fingerprint density at radius 2 is 1.60 bits per heavy atom. The van der Waals surface area contributed by atoms with Crippen LogP contribution >= 0.6 is 0 Å². The van der Waals surface area contributed by atoms with E-state index in [4.69, 9.17) is 0 Å². The Kier molecular flexibility index (Phi) is 2.40. The van der Waals surface area contributed by atoms with Gasteiger partial charge in [-0.25, -0.2) is 4.57 Å². The predicted molar refractivity (Wildman–Crippen MR) is 99.0 cm³/mol. The van der Waals surface area contributed by atoms with Gasteiger partial charge in [-0.3, -0.25) is 4.40 Å². The van der Waals surface area contributed by atoms with Gasteiger partial charge in [0.2, 0.25) is 0 Å². The van der Waals surface area contributed by atoms with Crippen LogP contribution in [-0.4, -0.2) is 8.97 Å². The second-order valence-electron chi connectivity index (χ2n) is 6.59. The molecule has 4 heterocycles. The van der Waals surface area contributed by atoms with E-state index in [9.17, 15) is 0 Å². The fraction of sp³-hybridized carbons (Fsp3) is 0.0455. The van der Waals surface area contributed by atoms with E-state index in [1.807, 2.05) is 0 Å². The Morgan fingerprint density at radius 1 is 0.800 bits per heavy atom. The zero-order chi connectivity index (χ0) is 16.4. The van der Waals surface area contributed by atoms with Crippen molar-refractivity contribution in [1.82, 2.24) is 8.97 Å². The van der Waals surface area contributed by atoms with E-state index in [0.717, 1.165) is 6.54 Å². The topological polar surface area (TPSA) is 13.2 Å². The summed E-state index contributed by atoms with van der Waals surface area (Å²) in [6.45, 7) is 0.929. The molecule has 25 heavy (non-hydrogen) atoms. The van der Waals surface area contributed by atoms with E-state index >= 15 is 0 Å². The van der Waals surface area contributed by atoms with E-state index < -0.39 is 0 Å². The molecule has 3 aromatic heterocycles.